The van der Waals surface area contributed by atoms with Crippen molar-refractivity contribution in [3.05, 3.63) is 28.3 Å². The number of aryl methyl sites for hydroxylation is 1. The average Bonchev–Trinajstić information content (AvgIpc) is 2.36. The fourth-order valence-corrected chi connectivity index (χ4v) is 1.71. The first-order valence-corrected chi connectivity index (χ1v) is 5.34. The van der Waals surface area contributed by atoms with Gasteiger partial charge in [-0.1, -0.05) is 6.92 Å². The Morgan fingerprint density at radius 1 is 1.29 bits per heavy atom. The van der Waals surface area contributed by atoms with Crippen molar-refractivity contribution in [1.29, 1.82) is 0 Å². The Labute approximate surface area is 98.4 Å². The number of benzene rings is 1. The molecule has 0 saturated carbocycles. The van der Waals surface area contributed by atoms with E-state index in [1.54, 1.807) is 19.2 Å². The van der Waals surface area contributed by atoms with Crippen LogP contribution < -0.4 is 15.0 Å². The van der Waals surface area contributed by atoms with Gasteiger partial charge in [0.2, 0.25) is 0 Å². The molecule has 1 N–H and O–H groups in total. The third-order valence-electron chi connectivity index (χ3n) is 2.59. The number of aromatic amines is 1. The summed E-state index contributed by atoms with van der Waals surface area (Å²) in [5.74, 6) is 1.74. The van der Waals surface area contributed by atoms with Crippen molar-refractivity contribution in [2.45, 2.75) is 13.3 Å². The Hall–Kier alpha value is -2.04. The number of nitrogens with one attached hydrogen (secondary N) is 1. The smallest absolute Gasteiger partial charge is 0.262 e. The summed E-state index contributed by atoms with van der Waals surface area (Å²) in [6, 6.07) is 3.40. The predicted octanol–water partition coefficient (Wildman–Crippen LogP) is 1.50. The van der Waals surface area contributed by atoms with Gasteiger partial charge in [0, 0.05) is 18.6 Å². The van der Waals surface area contributed by atoms with Crippen LogP contribution in [0.25, 0.3) is 10.9 Å². The van der Waals surface area contributed by atoms with Crippen molar-refractivity contribution in [3.8, 4) is 11.5 Å². The molecule has 1 aromatic carbocycles. The van der Waals surface area contributed by atoms with Crippen LogP contribution in [-0.4, -0.2) is 24.2 Å². The first-order chi connectivity index (χ1) is 8.19. The van der Waals surface area contributed by atoms with E-state index in [1.165, 1.54) is 7.11 Å². The van der Waals surface area contributed by atoms with E-state index < -0.39 is 0 Å². The molecule has 0 aliphatic carbocycles. The fraction of sp³-hybridized carbons (Fsp3) is 0.333. The van der Waals surface area contributed by atoms with Crippen molar-refractivity contribution in [1.82, 2.24) is 9.97 Å². The topological polar surface area (TPSA) is 64.2 Å². The van der Waals surface area contributed by atoms with E-state index >= 15 is 0 Å². The fourth-order valence-electron chi connectivity index (χ4n) is 1.71. The highest BCUT2D eigenvalue weighted by atomic mass is 16.5. The molecule has 0 fully saturated rings. The normalized spacial score (nSPS) is 10.5. The van der Waals surface area contributed by atoms with Gasteiger partial charge in [-0.2, -0.15) is 0 Å². The van der Waals surface area contributed by atoms with Gasteiger partial charge in [-0.3, -0.25) is 4.79 Å². The lowest BCUT2D eigenvalue weighted by Crippen LogP contribution is -2.12. The van der Waals surface area contributed by atoms with Crippen molar-refractivity contribution in [3.63, 3.8) is 0 Å². The van der Waals surface area contributed by atoms with E-state index in [9.17, 15) is 4.79 Å². The highest BCUT2D eigenvalue weighted by Crippen LogP contribution is 2.27. The summed E-state index contributed by atoms with van der Waals surface area (Å²) in [4.78, 5) is 19.0. The molecule has 5 nitrogen and oxygen atoms in total. The van der Waals surface area contributed by atoms with Crippen molar-refractivity contribution < 1.29 is 9.47 Å². The highest BCUT2D eigenvalue weighted by molar-refractivity contribution is 5.85. The predicted molar refractivity (Wildman–Crippen MR) is 64.8 cm³/mol. The Bertz CT molecular complexity index is 599. The summed E-state index contributed by atoms with van der Waals surface area (Å²) in [5.41, 5.74) is 0.396. The van der Waals surface area contributed by atoms with Crippen molar-refractivity contribution in [2.24, 2.45) is 0 Å². The van der Waals surface area contributed by atoms with Crippen LogP contribution in [-0.2, 0) is 6.42 Å². The van der Waals surface area contributed by atoms with Crippen LogP contribution in [0.15, 0.2) is 16.9 Å². The quantitative estimate of drug-likeness (QED) is 0.874. The Kier molecular flexibility index (Phi) is 2.99. The van der Waals surface area contributed by atoms with Crippen LogP contribution in [0, 0.1) is 0 Å². The standard InChI is InChI=1S/C12H14N2O3/c1-4-10-13-8-5-7(16-2)6-9(17-3)11(8)12(15)14-10/h5-6H,4H2,1-3H3,(H,13,14,15). The van der Waals surface area contributed by atoms with Gasteiger partial charge < -0.3 is 14.5 Å². The lowest BCUT2D eigenvalue weighted by molar-refractivity contribution is 0.397. The second-order valence-corrected chi connectivity index (χ2v) is 3.59. The van der Waals surface area contributed by atoms with Crippen LogP contribution >= 0.6 is 0 Å². The lowest BCUT2D eigenvalue weighted by atomic mass is 10.2. The van der Waals surface area contributed by atoms with Gasteiger partial charge in [-0.15, -0.1) is 0 Å². The molecular formula is C12H14N2O3. The highest BCUT2D eigenvalue weighted by Gasteiger charge is 2.11. The summed E-state index contributed by atoms with van der Waals surface area (Å²) in [6.45, 7) is 1.93. The molecule has 0 aliphatic heterocycles. The first kappa shape index (κ1) is 11.4. The van der Waals surface area contributed by atoms with Gasteiger partial charge >= 0.3 is 0 Å². The Morgan fingerprint density at radius 2 is 2.06 bits per heavy atom. The van der Waals surface area contributed by atoms with E-state index in [0.717, 1.165) is 0 Å². The van der Waals surface area contributed by atoms with Crippen LogP contribution in [0.2, 0.25) is 0 Å². The number of methoxy groups -OCH3 is 2. The molecule has 0 unspecified atom stereocenters. The largest absolute Gasteiger partial charge is 0.497 e. The van der Waals surface area contributed by atoms with Gasteiger partial charge in [0.25, 0.3) is 5.56 Å². The van der Waals surface area contributed by atoms with Crippen LogP contribution in [0.5, 0.6) is 11.5 Å². The minimum atomic E-state index is -0.189. The number of fused-ring (bicyclic) bond motifs is 1. The number of ether oxygens (including phenoxy) is 2. The third kappa shape index (κ3) is 1.95. The van der Waals surface area contributed by atoms with Gasteiger partial charge in [-0.05, 0) is 0 Å². The number of hydrogen-bond acceptors (Lipinski definition) is 4. The molecule has 1 heterocycles. The number of nitrogens with zero attached hydrogens (tertiary/aromatic N) is 1. The molecule has 0 saturated heterocycles. The third-order valence-corrected chi connectivity index (χ3v) is 2.59. The average molecular weight is 234 g/mol. The maximum Gasteiger partial charge on any atom is 0.262 e. The maximum atomic E-state index is 11.9. The number of aromatic nitrogens is 2. The molecule has 0 spiro atoms. The van der Waals surface area contributed by atoms with Crippen LogP contribution in [0.3, 0.4) is 0 Å². The zero-order valence-corrected chi connectivity index (χ0v) is 10.0. The minimum Gasteiger partial charge on any atom is -0.497 e. The SMILES string of the molecule is CCc1nc2cc(OC)cc(OC)c2c(=O)[nH]1. The zero-order valence-electron chi connectivity index (χ0n) is 10.0. The van der Waals surface area contributed by atoms with Gasteiger partial charge in [0.05, 0.1) is 19.7 Å². The Balaban J connectivity index is 2.84. The molecular weight excluding hydrogens is 220 g/mol. The van der Waals surface area contributed by atoms with Crippen LogP contribution in [0.4, 0.5) is 0 Å². The molecule has 0 bridgehead atoms. The molecule has 1 aromatic heterocycles. The second kappa shape index (κ2) is 4.45. The molecule has 0 aliphatic rings. The summed E-state index contributed by atoms with van der Waals surface area (Å²) in [6.07, 6.45) is 0.671. The summed E-state index contributed by atoms with van der Waals surface area (Å²) in [7, 11) is 3.08. The Morgan fingerprint density at radius 3 is 2.65 bits per heavy atom. The number of rotatable bonds is 3. The maximum absolute atomic E-state index is 11.9. The van der Waals surface area contributed by atoms with Gasteiger partial charge in [0.15, 0.2) is 0 Å². The molecule has 5 heteroatoms. The van der Waals surface area contributed by atoms with Crippen LogP contribution in [0.1, 0.15) is 12.7 Å². The lowest BCUT2D eigenvalue weighted by Gasteiger charge is -2.08. The van der Waals surface area contributed by atoms with Gasteiger partial charge in [-0.25, -0.2) is 4.98 Å². The van der Waals surface area contributed by atoms with E-state index in [1.807, 2.05) is 6.92 Å². The first-order valence-electron chi connectivity index (χ1n) is 5.34. The molecule has 17 heavy (non-hydrogen) atoms. The second-order valence-electron chi connectivity index (χ2n) is 3.59. The van der Waals surface area contributed by atoms with E-state index in [2.05, 4.69) is 9.97 Å². The van der Waals surface area contributed by atoms with Gasteiger partial charge in [0.1, 0.15) is 22.7 Å². The number of hydrogen-bond donors (Lipinski definition) is 1. The summed E-state index contributed by atoms with van der Waals surface area (Å²) in [5, 5.41) is 0.450. The molecule has 90 valence electrons. The van der Waals surface area contributed by atoms with E-state index in [-0.39, 0.29) is 5.56 Å². The number of H-pyrrole nitrogens is 1. The minimum absolute atomic E-state index is 0.189. The van der Waals surface area contributed by atoms with E-state index in [0.29, 0.717) is 34.6 Å². The molecule has 2 rings (SSSR count). The summed E-state index contributed by atoms with van der Waals surface area (Å²) < 4.78 is 10.3. The molecule has 0 radical (unpaired) electrons. The zero-order chi connectivity index (χ0) is 12.4. The molecule has 0 atom stereocenters. The molecule has 0 amide bonds. The van der Waals surface area contributed by atoms with Crippen molar-refractivity contribution in [2.75, 3.05) is 14.2 Å². The summed E-state index contributed by atoms with van der Waals surface area (Å²) >= 11 is 0. The van der Waals surface area contributed by atoms with Crippen molar-refractivity contribution >= 4 is 10.9 Å². The van der Waals surface area contributed by atoms with E-state index in [4.69, 9.17) is 9.47 Å². The molecule has 2 aromatic rings. The monoisotopic (exact) mass is 234 g/mol.